The molecule has 1 aromatic carbocycles. The first-order chi connectivity index (χ1) is 13.8. The molecule has 1 aliphatic rings. The molecule has 0 aliphatic carbocycles. The molecule has 1 aliphatic heterocycles. The van der Waals surface area contributed by atoms with Crippen molar-refractivity contribution in [2.45, 2.75) is 24.0 Å². The minimum Gasteiger partial charge on any atom is -0.396 e. The van der Waals surface area contributed by atoms with Gasteiger partial charge in [0.15, 0.2) is 0 Å². The third-order valence-electron chi connectivity index (χ3n) is 4.84. The summed E-state index contributed by atoms with van der Waals surface area (Å²) in [5.74, 6) is -0.356. The predicted octanol–water partition coefficient (Wildman–Crippen LogP) is -1.05. The Morgan fingerprint density at radius 2 is 1.72 bits per heavy atom. The number of rotatable bonds is 12. The van der Waals surface area contributed by atoms with Gasteiger partial charge < -0.3 is 24.8 Å². The fraction of sp³-hybridized carbons (Fsp3) is 0.684. The van der Waals surface area contributed by atoms with E-state index in [9.17, 15) is 23.7 Å². The van der Waals surface area contributed by atoms with Gasteiger partial charge in [-0.25, -0.2) is 13.1 Å². The Balaban J connectivity index is 1.52. The van der Waals surface area contributed by atoms with Crippen molar-refractivity contribution in [1.82, 2.24) is 9.62 Å². The minimum atomic E-state index is -3.53. The van der Waals surface area contributed by atoms with E-state index in [0.717, 1.165) is 5.56 Å². The fourth-order valence-electron chi connectivity index (χ4n) is 3.11. The summed E-state index contributed by atoms with van der Waals surface area (Å²) in [5.41, 5.74) is 0.995. The molecule has 0 spiro atoms. The molecular weight excluding hydrogens is 400 g/mol. The molecule has 0 saturated carbocycles. The molecule has 0 amide bonds. The van der Waals surface area contributed by atoms with Crippen LogP contribution in [-0.2, 0) is 19.5 Å². The zero-order valence-electron chi connectivity index (χ0n) is 16.7. The van der Waals surface area contributed by atoms with Crippen molar-refractivity contribution in [3.8, 4) is 0 Å². The maximum absolute atomic E-state index is 12.1. The van der Waals surface area contributed by atoms with Gasteiger partial charge in [0.1, 0.15) is 0 Å². The second kappa shape index (κ2) is 11.9. The van der Waals surface area contributed by atoms with Gasteiger partial charge >= 0.3 is 0 Å². The minimum absolute atomic E-state index is 0.170. The van der Waals surface area contributed by atoms with E-state index in [1.54, 1.807) is 24.3 Å². The lowest BCUT2D eigenvalue weighted by atomic mass is 9.93. The zero-order valence-corrected chi connectivity index (χ0v) is 17.6. The van der Waals surface area contributed by atoms with E-state index >= 15 is 0 Å². The average Bonchev–Trinajstić information content (AvgIpc) is 2.69. The maximum atomic E-state index is 12.1. The summed E-state index contributed by atoms with van der Waals surface area (Å²) in [5, 5.41) is 28.8. The topological polar surface area (TPSA) is 129 Å². The second-order valence-corrected chi connectivity index (χ2v) is 8.96. The quantitative estimate of drug-likeness (QED) is 0.308. The number of β-amino-alcohol motifs (C(OH)–C–C–N with tert-alkyl or cyclic N) is 1. The first-order valence-electron chi connectivity index (χ1n) is 9.74. The number of piperidine rings is 1. The number of aryl methyl sites for hydroxylation is 1. The van der Waals surface area contributed by atoms with E-state index in [4.69, 9.17) is 9.47 Å². The van der Waals surface area contributed by atoms with Gasteiger partial charge in [-0.05, 0) is 19.1 Å². The summed E-state index contributed by atoms with van der Waals surface area (Å²) in [6.45, 7) is 4.72. The Morgan fingerprint density at radius 3 is 2.38 bits per heavy atom. The largest absolute Gasteiger partial charge is 0.396 e. The van der Waals surface area contributed by atoms with Gasteiger partial charge in [0, 0.05) is 38.7 Å². The smallest absolute Gasteiger partial charge is 0.240 e. The second-order valence-electron chi connectivity index (χ2n) is 7.20. The molecule has 0 bridgehead atoms. The summed E-state index contributed by atoms with van der Waals surface area (Å²) in [4.78, 5) is 2.17. The molecule has 1 heterocycles. The van der Waals surface area contributed by atoms with E-state index < -0.39 is 22.2 Å². The predicted molar refractivity (Wildman–Crippen MR) is 107 cm³/mol. The summed E-state index contributed by atoms with van der Waals surface area (Å²) < 4.78 is 37.6. The number of sulfonamides is 1. The van der Waals surface area contributed by atoms with E-state index in [0.29, 0.717) is 39.5 Å². The molecule has 166 valence electrons. The SMILES string of the molecule is Cc1ccc(S(=O)(=O)NCCOCCOCCN2C[C@H](CO)[C@@H](O)[C@H](O)C2)cc1. The van der Waals surface area contributed by atoms with E-state index in [-0.39, 0.29) is 30.6 Å². The molecule has 3 atom stereocenters. The number of aliphatic hydroxyl groups is 3. The van der Waals surface area contributed by atoms with Crippen molar-refractivity contribution in [3.05, 3.63) is 29.8 Å². The number of hydrogen-bond donors (Lipinski definition) is 4. The van der Waals surface area contributed by atoms with Crippen LogP contribution in [0.2, 0.25) is 0 Å². The molecule has 1 fully saturated rings. The van der Waals surface area contributed by atoms with Crippen molar-refractivity contribution in [2.24, 2.45) is 5.92 Å². The van der Waals surface area contributed by atoms with Crippen LogP contribution in [0.4, 0.5) is 0 Å². The highest BCUT2D eigenvalue weighted by molar-refractivity contribution is 7.89. The lowest BCUT2D eigenvalue weighted by molar-refractivity contribution is -0.0900. The van der Waals surface area contributed by atoms with E-state index in [2.05, 4.69) is 4.72 Å². The van der Waals surface area contributed by atoms with Crippen LogP contribution in [-0.4, -0.2) is 100 Å². The number of benzene rings is 1. The van der Waals surface area contributed by atoms with Crippen LogP contribution in [0.5, 0.6) is 0 Å². The first kappa shape index (κ1) is 24.2. The Kier molecular flexibility index (Phi) is 9.93. The highest BCUT2D eigenvalue weighted by atomic mass is 32.2. The van der Waals surface area contributed by atoms with Crippen molar-refractivity contribution < 1.29 is 33.2 Å². The Hall–Kier alpha value is -1.11. The van der Waals surface area contributed by atoms with Gasteiger partial charge in [0.25, 0.3) is 0 Å². The summed E-state index contributed by atoms with van der Waals surface area (Å²) >= 11 is 0. The number of likely N-dealkylation sites (tertiary alicyclic amines) is 1. The third-order valence-corrected chi connectivity index (χ3v) is 6.32. The molecule has 4 N–H and O–H groups in total. The Bertz CT molecular complexity index is 699. The van der Waals surface area contributed by atoms with Gasteiger partial charge in [-0.1, -0.05) is 17.7 Å². The third kappa shape index (κ3) is 7.91. The zero-order chi connectivity index (χ0) is 21.3. The summed E-state index contributed by atoms with van der Waals surface area (Å²) in [6.07, 6.45) is -1.76. The van der Waals surface area contributed by atoms with Crippen molar-refractivity contribution in [1.29, 1.82) is 0 Å². The van der Waals surface area contributed by atoms with Gasteiger partial charge in [-0.3, -0.25) is 4.90 Å². The summed E-state index contributed by atoms with van der Waals surface area (Å²) in [6, 6.07) is 6.63. The van der Waals surface area contributed by atoms with Crippen LogP contribution in [0.15, 0.2) is 29.2 Å². The highest BCUT2D eigenvalue weighted by Crippen LogP contribution is 2.17. The number of ether oxygens (including phenoxy) is 2. The highest BCUT2D eigenvalue weighted by Gasteiger charge is 2.33. The molecule has 1 aromatic rings. The lowest BCUT2D eigenvalue weighted by Crippen LogP contribution is -2.54. The number of hydrogen-bond acceptors (Lipinski definition) is 8. The van der Waals surface area contributed by atoms with Crippen molar-refractivity contribution >= 4 is 10.0 Å². The van der Waals surface area contributed by atoms with Crippen molar-refractivity contribution in [2.75, 3.05) is 59.2 Å². The van der Waals surface area contributed by atoms with Crippen LogP contribution in [0.1, 0.15) is 5.56 Å². The van der Waals surface area contributed by atoms with Crippen LogP contribution in [0.3, 0.4) is 0 Å². The number of nitrogens with zero attached hydrogens (tertiary/aromatic N) is 1. The molecule has 0 unspecified atom stereocenters. The van der Waals surface area contributed by atoms with Gasteiger partial charge in [0.05, 0.1) is 43.5 Å². The Labute approximate surface area is 172 Å². The molecule has 0 radical (unpaired) electrons. The van der Waals surface area contributed by atoms with Crippen LogP contribution < -0.4 is 4.72 Å². The molecule has 9 nitrogen and oxygen atoms in total. The van der Waals surface area contributed by atoms with Gasteiger partial charge in [0.2, 0.25) is 10.0 Å². The molecule has 0 aromatic heterocycles. The maximum Gasteiger partial charge on any atom is 0.240 e. The monoisotopic (exact) mass is 432 g/mol. The number of aliphatic hydroxyl groups excluding tert-OH is 3. The molecule has 1 saturated heterocycles. The van der Waals surface area contributed by atoms with Crippen molar-refractivity contribution in [3.63, 3.8) is 0 Å². The summed E-state index contributed by atoms with van der Waals surface area (Å²) in [7, 11) is -3.53. The van der Waals surface area contributed by atoms with Crippen LogP contribution in [0.25, 0.3) is 0 Å². The van der Waals surface area contributed by atoms with Crippen LogP contribution in [0, 0.1) is 12.8 Å². The lowest BCUT2D eigenvalue weighted by Gasteiger charge is -2.38. The number of nitrogens with one attached hydrogen (secondary N) is 1. The Morgan fingerprint density at radius 1 is 1.07 bits per heavy atom. The van der Waals surface area contributed by atoms with E-state index in [1.807, 2.05) is 11.8 Å². The standard InChI is InChI=1S/C19H32N2O7S/c1-15-2-4-17(5-3-15)29(25,26)20-6-8-27-10-11-28-9-7-21-12-16(14-22)19(24)18(23)13-21/h2-5,16,18-20,22-24H,6-14H2,1H3/t16-,18-,19-/m1/s1. The fourth-order valence-corrected chi connectivity index (χ4v) is 4.13. The normalized spacial score (nSPS) is 23.4. The first-order valence-corrected chi connectivity index (χ1v) is 11.2. The van der Waals surface area contributed by atoms with Crippen LogP contribution >= 0.6 is 0 Å². The molecule has 10 heteroatoms. The van der Waals surface area contributed by atoms with Gasteiger partial charge in [-0.15, -0.1) is 0 Å². The molecule has 29 heavy (non-hydrogen) atoms. The van der Waals surface area contributed by atoms with Gasteiger partial charge in [-0.2, -0.15) is 0 Å². The molecular formula is C19H32N2O7S. The average molecular weight is 433 g/mol. The molecule has 2 rings (SSSR count). The van der Waals surface area contributed by atoms with E-state index in [1.165, 1.54) is 0 Å².